The van der Waals surface area contributed by atoms with Gasteiger partial charge >= 0.3 is 5.97 Å². The predicted octanol–water partition coefficient (Wildman–Crippen LogP) is 2.01. The van der Waals surface area contributed by atoms with Crippen molar-refractivity contribution in [3.05, 3.63) is 71.5 Å². The fraction of sp³-hybridized carbons (Fsp3) is 0.143. The number of carboxylic acid groups (broad SMARTS) is 1. The molecule has 5 rings (SSSR count). The summed E-state index contributed by atoms with van der Waals surface area (Å²) < 4.78 is 0. The number of benzene rings is 2. The molecule has 0 fully saturated rings. The van der Waals surface area contributed by atoms with Gasteiger partial charge in [0, 0.05) is 40.0 Å². The quantitative estimate of drug-likeness (QED) is 0.368. The van der Waals surface area contributed by atoms with Crippen LogP contribution in [0, 0.1) is 0 Å². The molecule has 3 heterocycles. The molecule has 0 saturated carbocycles. The molecule has 0 aliphatic carbocycles. The number of nitrogens with one attached hydrogen (secondary N) is 3. The highest BCUT2D eigenvalue weighted by molar-refractivity contribution is 6.01. The average Bonchev–Trinajstić information content (AvgIpc) is 3.26. The lowest BCUT2D eigenvalue weighted by Crippen LogP contribution is -2.49. The molecule has 7 heteroatoms. The van der Waals surface area contributed by atoms with E-state index in [1.165, 1.54) is 0 Å². The van der Waals surface area contributed by atoms with Crippen LogP contribution in [0.3, 0.4) is 0 Å². The number of para-hydroxylation sites is 2. The van der Waals surface area contributed by atoms with Crippen LogP contribution in [0.1, 0.15) is 16.8 Å². The first-order valence-electron chi connectivity index (χ1n) is 8.93. The van der Waals surface area contributed by atoms with E-state index in [0.717, 1.165) is 16.4 Å². The highest BCUT2D eigenvalue weighted by atomic mass is 16.4. The Balaban J connectivity index is 1.85. The lowest BCUT2D eigenvalue weighted by Gasteiger charge is -2.25. The number of amides is 1. The lowest BCUT2D eigenvalue weighted by atomic mass is 9.87. The molecule has 1 aliphatic rings. The molecule has 7 nitrogen and oxygen atoms in total. The maximum atomic E-state index is 13.2. The molecule has 4 aromatic rings. The molecule has 2 unspecified atom stereocenters. The minimum Gasteiger partial charge on any atom is -0.480 e. The number of aromatic nitrogens is 2. The van der Waals surface area contributed by atoms with Gasteiger partial charge < -0.3 is 25.5 Å². The van der Waals surface area contributed by atoms with Gasteiger partial charge in [-0.05, 0) is 17.7 Å². The minimum absolute atomic E-state index is 0.0745. The number of hydrogen-bond acceptors (Lipinski definition) is 3. The molecule has 1 amide bonds. The molecule has 1 aliphatic heterocycles. The van der Waals surface area contributed by atoms with Crippen LogP contribution in [0.2, 0.25) is 0 Å². The zero-order valence-corrected chi connectivity index (χ0v) is 14.7. The molecule has 28 heavy (non-hydrogen) atoms. The number of carbonyl (C=O) groups is 2. The largest absolute Gasteiger partial charge is 0.480 e. The van der Waals surface area contributed by atoms with Crippen LogP contribution < -0.4 is 5.32 Å². The summed E-state index contributed by atoms with van der Waals surface area (Å²) in [5.74, 6) is -1.91. The Morgan fingerprint density at radius 2 is 1.71 bits per heavy atom. The predicted molar refractivity (Wildman–Crippen MR) is 103 cm³/mol. The first-order valence-corrected chi connectivity index (χ1v) is 8.93. The third-order valence-electron chi connectivity index (χ3n) is 5.49. The van der Waals surface area contributed by atoms with Gasteiger partial charge in [-0.15, -0.1) is 0 Å². The number of carbonyl (C=O) groups excluding carboxylic acids is 1. The van der Waals surface area contributed by atoms with E-state index in [4.69, 9.17) is 0 Å². The molecule has 0 radical (unpaired) electrons. The van der Waals surface area contributed by atoms with E-state index < -0.39 is 23.5 Å². The van der Waals surface area contributed by atoms with Crippen LogP contribution >= 0.6 is 0 Å². The molecule has 2 aromatic carbocycles. The molecule has 5 N–H and O–H groups in total. The smallest absolute Gasteiger partial charge is 0.326 e. The summed E-state index contributed by atoms with van der Waals surface area (Å²) in [6, 6.07) is 13.6. The van der Waals surface area contributed by atoms with Gasteiger partial charge in [-0.1, -0.05) is 36.4 Å². The molecular formula is C21H17N3O4. The number of fused-ring (bicyclic) bond motifs is 4. The highest BCUT2D eigenvalue weighted by Crippen LogP contribution is 2.40. The Bertz CT molecular complexity index is 1260. The van der Waals surface area contributed by atoms with E-state index in [9.17, 15) is 19.8 Å². The van der Waals surface area contributed by atoms with E-state index in [-0.39, 0.29) is 6.42 Å². The number of H-pyrrole nitrogens is 2. The van der Waals surface area contributed by atoms with Crippen LogP contribution in [0.4, 0.5) is 0 Å². The fourth-order valence-electron chi connectivity index (χ4n) is 4.13. The SMILES string of the molecule is O=C(O)C1Cc2c([nH]c3ccccc23)C(O)(c2c[nH]c3ccccc23)C(=O)N1. The molecular weight excluding hydrogens is 358 g/mol. The zero-order chi connectivity index (χ0) is 19.5. The van der Waals surface area contributed by atoms with Crippen molar-refractivity contribution in [2.75, 3.05) is 0 Å². The van der Waals surface area contributed by atoms with E-state index in [1.54, 1.807) is 6.20 Å². The topological polar surface area (TPSA) is 118 Å². The second-order valence-electron chi connectivity index (χ2n) is 7.05. The normalized spacial score (nSPS) is 22.0. The summed E-state index contributed by atoms with van der Waals surface area (Å²) in [4.78, 5) is 31.1. The van der Waals surface area contributed by atoms with Gasteiger partial charge in [0.1, 0.15) is 6.04 Å². The fourth-order valence-corrected chi connectivity index (χ4v) is 4.13. The number of carboxylic acids is 1. The van der Waals surface area contributed by atoms with Crippen LogP contribution in [-0.2, 0) is 21.6 Å². The Labute approximate surface area is 159 Å². The van der Waals surface area contributed by atoms with E-state index in [2.05, 4.69) is 15.3 Å². The number of hydrogen-bond donors (Lipinski definition) is 5. The maximum Gasteiger partial charge on any atom is 0.326 e. The van der Waals surface area contributed by atoms with Gasteiger partial charge in [0.05, 0.1) is 5.69 Å². The summed E-state index contributed by atoms with van der Waals surface area (Å²) in [5, 5.41) is 25.3. The van der Waals surface area contributed by atoms with Gasteiger partial charge in [0.15, 0.2) is 0 Å². The zero-order valence-electron chi connectivity index (χ0n) is 14.7. The maximum absolute atomic E-state index is 13.2. The van der Waals surface area contributed by atoms with Crippen LogP contribution in [0.5, 0.6) is 0 Å². The van der Waals surface area contributed by atoms with Gasteiger partial charge in [-0.25, -0.2) is 4.79 Å². The van der Waals surface area contributed by atoms with Crippen molar-refractivity contribution in [1.29, 1.82) is 0 Å². The van der Waals surface area contributed by atoms with Crippen LogP contribution in [0.25, 0.3) is 21.8 Å². The highest BCUT2D eigenvalue weighted by Gasteiger charge is 2.48. The third kappa shape index (κ3) is 2.13. The van der Waals surface area contributed by atoms with Gasteiger partial charge in [0.25, 0.3) is 5.91 Å². The lowest BCUT2D eigenvalue weighted by molar-refractivity contribution is -0.145. The third-order valence-corrected chi connectivity index (χ3v) is 5.49. The van der Waals surface area contributed by atoms with Crippen molar-refractivity contribution < 1.29 is 19.8 Å². The van der Waals surface area contributed by atoms with Crippen molar-refractivity contribution in [1.82, 2.24) is 15.3 Å². The Morgan fingerprint density at radius 1 is 1.04 bits per heavy atom. The molecule has 140 valence electrons. The van der Waals surface area contributed by atoms with Gasteiger partial charge in [-0.3, -0.25) is 4.79 Å². The molecule has 2 atom stereocenters. The van der Waals surface area contributed by atoms with Crippen LogP contribution in [-0.4, -0.2) is 38.1 Å². The second kappa shape index (κ2) is 5.71. The number of aliphatic carboxylic acids is 1. The Kier molecular flexibility index (Phi) is 3.38. The molecule has 0 bridgehead atoms. The Morgan fingerprint density at radius 3 is 2.46 bits per heavy atom. The van der Waals surface area contributed by atoms with Gasteiger partial charge in [-0.2, -0.15) is 0 Å². The average molecular weight is 375 g/mol. The van der Waals surface area contributed by atoms with Crippen molar-refractivity contribution in [2.24, 2.45) is 0 Å². The molecule has 0 saturated heterocycles. The van der Waals surface area contributed by atoms with Crippen LogP contribution in [0.15, 0.2) is 54.7 Å². The Hall–Kier alpha value is -3.58. The summed E-state index contributed by atoms with van der Waals surface area (Å²) in [7, 11) is 0. The summed E-state index contributed by atoms with van der Waals surface area (Å²) in [6.07, 6.45) is 1.67. The number of aliphatic hydroxyl groups is 1. The van der Waals surface area contributed by atoms with E-state index in [1.807, 2.05) is 48.5 Å². The summed E-state index contributed by atoms with van der Waals surface area (Å²) >= 11 is 0. The van der Waals surface area contributed by atoms with Crippen molar-refractivity contribution in [2.45, 2.75) is 18.1 Å². The van der Waals surface area contributed by atoms with Crippen molar-refractivity contribution >= 4 is 33.7 Å². The second-order valence-corrected chi connectivity index (χ2v) is 7.05. The number of aromatic amines is 2. The molecule has 0 spiro atoms. The van der Waals surface area contributed by atoms with Crippen molar-refractivity contribution in [3.8, 4) is 0 Å². The standard InChI is InChI=1S/C21H17N3O4/c25-19(26)17-9-13-11-5-1-4-8-16(11)23-18(13)21(28,20(27)24-17)14-10-22-15-7-3-2-6-12(14)15/h1-8,10,17,22-23,28H,9H2,(H,24,27)(H,25,26). The van der Waals surface area contributed by atoms with Crippen molar-refractivity contribution in [3.63, 3.8) is 0 Å². The van der Waals surface area contributed by atoms with E-state index >= 15 is 0 Å². The summed E-state index contributed by atoms with van der Waals surface area (Å²) in [5.41, 5.74) is 0.756. The minimum atomic E-state index is -2.06. The summed E-state index contributed by atoms with van der Waals surface area (Å²) in [6.45, 7) is 0. The van der Waals surface area contributed by atoms with Gasteiger partial charge in [0.2, 0.25) is 5.60 Å². The first kappa shape index (κ1) is 16.6. The number of rotatable bonds is 2. The monoisotopic (exact) mass is 375 g/mol. The van der Waals surface area contributed by atoms with E-state index in [0.29, 0.717) is 22.2 Å². The first-order chi connectivity index (χ1) is 13.5. The molecule has 2 aromatic heterocycles.